The number of thiazole rings is 1. The van der Waals surface area contributed by atoms with Gasteiger partial charge in [0.05, 0.1) is 12.5 Å². The summed E-state index contributed by atoms with van der Waals surface area (Å²) in [6.45, 7) is 13.4. The lowest BCUT2D eigenvalue weighted by molar-refractivity contribution is -0.159. The van der Waals surface area contributed by atoms with E-state index in [2.05, 4.69) is 63.7 Å². The molecule has 0 spiro atoms. The molecule has 1 fully saturated rings. The molecule has 622 valence electrons. The molecule has 38 heteroatoms. The number of carbonyl (C=O) groups excluding carboxylic acids is 11. The van der Waals surface area contributed by atoms with Gasteiger partial charge in [0.2, 0.25) is 35.4 Å². The standard InChI is InChI=1S/C74H112N14O21S3/c1-9-16-62(96)109-43-88(70(102)63(45(5)10-2)84-68(101)56-17-12-15-33-87(56)8)57(44(3)4)40-58(90)69-82-55(42-110-69)67(100)80-51(38-48-22-24-52(89)25-23-48)37-46(6)64(97)85-86-74(107)108-34-36-112-111-35-32-75-66(99)53(26-28-60(92)93)81-65(98)47(7)79-59(91)39-49-18-20-50(21-19-49)41-78-72(105)76-30-13-11-14-31-77-73(106)83-54(71(103)104)27-29-61(94)95/h18-25,42,44-47,51,53-54,56-58,63,89-90H,9-17,26-41,43H2,1-8H3,(H,75,99)(H,79,91)(H,80,100)(H,81,98)(H,84,101)(H,85,97)(H,86,107)(H,92,93)(H,94,95)(H,103,104)(H2,76,78,105)(H2,77,83,106)/t45?,46-,47+,51+,53+,54-,56+,57+,58+,63-/m0/s1. The van der Waals surface area contributed by atoms with Crippen LogP contribution in [0.3, 0.4) is 0 Å². The first-order valence-electron chi connectivity index (χ1n) is 37.6. The van der Waals surface area contributed by atoms with Gasteiger partial charge in [-0.25, -0.2) is 29.6 Å². The number of aliphatic hydroxyl groups is 1. The fraction of sp³-hybridized carbons (Fsp3) is 0.608. The Balaban J connectivity index is 1.18. The molecule has 35 nitrogen and oxygen atoms in total. The fourth-order valence-corrected chi connectivity index (χ4v) is 14.2. The summed E-state index contributed by atoms with van der Waals surface area (Å²) in [5.74, 6) is -8.90. The van der Waals surface area contributed by atoms with Crippen LogP contribution in [0.1, 0.15) is 183 Å². The molecule has 1 aliphatic rings. The first-order valence-corrected chi connectivity index (χ1v) is 41.0. The highest BCUT2D eigenvalue weighted by Crippen LogP contribution is 2.30. The summed E-state index contributed by atoms with van der Waals surface area (Å²) in [4.78, 5) is 187. The Morgan fingerprint density at radius 3 is 1.95 bits per heavy atom. The largest absolute Gasteiger partial charge is 0.508 e. The maximum absolute atomic E-state index is 14.8. The number of hydrogen-bond donors (Lipinski definition) is 16. The number of ether oxygens (including phenoxy) is 2. The third-order valence-corrected chi connectivity index (χ3v) is 21.6. The van der Waals surface area contributed by atoms with E-state index in [1.54, 1.807) is 43.3 Å². The predicted octanol–water partition coefficient (Wildman–Crippen LogP) is 4.75. The molecule has 0 bridgehead atoms. The molecule has 112 heavy (non-hydrogen) atoms. The lowest BCUT2D eigenvalue weighted by Gasteiger charge is -2.39. The average molecular weight is 1630 g/mol. The van der Waals surface area contributed by atoms with Crippen LogP contribution in [0.4, 0.5) is 14.4 Å². The lowest BCUT2D eigenvalue weighted by Crippen LogP contribution is -2.59. The number of phenols is 1. The summed E-state index contributed by atoms with van der Waals surface area (Å²) in [5.41, 5.74) is 6.55. The van der Waals surface area contributed by atoms with Crippen molar-refractivity contribution in [2.45, 2.75) is 213 Å². The van der Waals surface area contributed by atoms with E-state index in [0.717, 1.165) is 36.3 Å². The van der Waals surface area contributed by atoms with E-state index in [1.807, 2.05) is 46.6 Å². The zero-order chi connectivity index (χ0) is 82.8. The smallest absolute Gasteiger partial charge is 0.426 e. The first kappa shape index (κ1) is 94.8. The van der Waals surface area contributed by atoms with E-state index in [-0.39, 0.29) is 111 Å². The molecule has 4 rings (SSSR count). The number of nitrogens with zero attached hydrogens (tertiary/aromatic N) is 3. The molecule has 2 aromatic carbocycles. The van der Waals surface area contributed by atoms with Gasteiger partial charge in [0.25, 0.3) is 5.91 Å². The van der Waals surface area contributed by atoms with Crippen molar-refractivity contribution in [1.82, 2.24) is 73.5 Å². The number of likely N-dealkylation sites (N-methyl/N-ethyl adjacent to an activating group) is 1. The summed E-state index contributed by atoms with van der Waals surface area (Å²) in [7, 11) is 4.50. The van der Waals surface area contributed by atoms with Crippen LogP contribution in [0.2, 0.25) is 0 Å². The zero-order valence-electron chi connectivity index (χ0n) is 64.8. The molecule has 1 aliphatic heterocycles. The van der Waals surface area contributed by atoms with Crippen molar-refractivity contribution in [2.24, 2.45) is 17.8 Å². The predicted molar refractivity (Wildman–Crippen MR) is 418 cm³/mol. The monoisotopic (exact) mass is 1630 g/mol. The van der Waals surface area contributed by atoms with Crippen molar-refractivity contribution < 1.29 is 102 Å². The molecule has 1 saturated heterocycles. The number of carboxylic acids is 3. The number of piperidine rings is 1. The number of amides is 12. The van der Waals surface area contributed by atoms with Gasteiger partial charge in [0.1, 0.15) is 53.3 Å². The average Bonchev–Trinajstić information content (AvgIpc) is 1.21. The highest BCUT2D eigenvalue weighted by Gasteiger charge is 2.39. The number of hydrogen-bond acceptors (Lipinski definition) is 23. The molecule has 2 heterocycles. The summed E-state index contributed by atoms with van der Waals surface area (Å²) >= 11 is 1.02. The van der Waals surface area contributed by atoms with E-state index in [4.69, 9.17) is 14.6 Å². The Morgan fingerprint density at radius 2 is 1.31 bits per heavy atom. The highest BCUT2D eigenvalue weighted by atomic mass is 33.1. The van der Waals surface area contributed by atoms with E-state index >= 15 is 0 Å². The van der Waals surface area contributed by atoms with Crippen molar-refractivity contribution in [2.75, 3.05) is 58.1 Å². The molecular formula is C74H112N14O21S3. The highest BCUT2D eigenvalue weighted by molar-refractivity contribution is 8.76. The molecule has 16 N–H and O–H groups in total. The van der Waals surface area contributed by atoms with Gasteiger partial charge in [-0.2, -0.15) is 0 Å². The molecule has 0 aliphatic carbocycles. The Kier molecular flexibility index (Phi) is 43.3. The van der Waals surface area contributed by atoms with Crippen LogP contribution in [-0.4, -0.2) is 224 Å². The number of unbranched alkanes of at least 4 members (excludes halogenated alkanes) is 2. The second kappa shape index (κ2) is 51.2. The van der Waals surface area contributed by atoms with Crippen molar-refractivity contribution >= 4 is 116 Å². The van der Waals surface area contributed by atoms with Gasteiger partial charge in [0, 0.05) is 86.7 Å². The number of carbonyl (C=O) groups is 14. The second-order valence-corrected chi connectivity index (χ2v) is 31.3. The number of carboxylic acid groups (broad SMARTS) is 3. The number of phenolic OH excluding ortho intramolecular Hbond substituents is 1. The van der Waals surface area contributed by atoms with Gasteiger partial charge in [-0.1, -0.05) is 112 Å². The van der Waals surface area contributed by atoms with Gasteiger partial charge in [-0.3, -0.25) is 58.3 Å². The molecule has 3 aromatic rings. The van der Waals surface area contributed by atoms with Gasteiger partial charge < -0.3 is 87.8 Å². The quantitative estimate of drug-likeness (QED) is 0.0119. The van der Waals surface area contributed by atoms with E-state index < -0.39 is 151 Å². The van der Waals surface area contributed by atoms with Crippen molar-refractivity contribution in [3.63, 3.8) is 0 Å². The van der Waals surface area contributed by atoms with Gasteiger partial charge in [-0.15, -0.1) is 11.3 Å². The lowest BCUT2D eigenvalue weighted by atomic mass is 9.92. The maximum atomic E-state index is 14.8. The molecule has 0 radical (unpaired) electrons. The number of urea groups is 2. The number of esters is 1. The summed E-state index contributed by atoms with van der Waals surface area (Å²) in [5, 5.41) is 74.7. The minimum atomic E-state index is -1.35. The molecular weight excluding hydrogens is 1520 g/mol. The number of aliphatic carboxylic acids is 3. The van der Waals surface area contributed by atoms with Gasteiger partial charge >= 0.3 is 42.0 Å². The molecule has 0 saturated carbocycles. The number of hydrazine groups is 1. The van der Waals surface area contributed by atoms with Crippen LogP contribution in [0.25, 0.3) is 0 Å². The number of benzene rings is 2. The van der Waals surface area contributed by atoms with E-state index in [0.29, 0.717) is 61.9 Å². The fourth-order valence-electron chi connectivity index (χ4n) is 11.7. The summed E-state index contributed by atoms with van der Waals surface area (Å²) in [6, 6.07) is 5.35. The van der Waals surface area contributed by atoms with Crippen LogP contribution < -0.4 is 58.7 Å². The molecule has 1 aromatic heterocycles. The molecule has 1 unspecified atom stereocenters. The minimum absolute atomic E-state index is 0.0143. The van der Waals surface area contributed by atoms with Gasteiger partial charge in [0.15, 0.2) is 6.73 Å². The second-order valence-electron chi connectivity index (χ2n) is 27.7. The number of nitrogens with one attached hydrogen (secondary N) is 11. The normalized spacial score (nSPS) is 15.1. The topological polar surface area (TPSA) is 510 Å². The third kappa shape index (κ3) is 36.3. The Bertz CT molecular complexity index is 3560. The summed E-state index contributed by atoms with van der Waals surface area (Å²) < 4.78 is 10.9. The summed E-state index contributed by atoms with van der Waals surface area (Å²) in [6.07, 6.45) is 1.83. The van der Waals surface area contributed by atoms with Crippen molar-refractivity contribution in [1.29, 1.82) is 0 Å². The van der Waals surface area contributed by atoms with E-state index in [1.165, 1.54) is 50.9 Å². The number of aromatic hydroxyl groups is 1. The number of rotatable bonds is 50. The van der Waals surface area contributed by atoms with Crippen molar-refractivity contribution in [3.05, 3.63) is 81.3 Å². The number of likely N-dealkylation sites (tertiary alicyclic amines) is 1. The van der Waals surface area contributed by atoms with E-state index in [9.17, 15) is 87.5 Å². The minimum Gasteiger partial charge on any atom is -0.508 e. The Labute approximate surface area is 664 Å². The van der Waals surface area contributed by atoms with Crippen LogP contribution in [-0.2, 0) is 76.8 Å². The zero-order valence-corrected chi connectivity index (χ0v) is 67.2. The SMILES string of the molecule is CCCC(=O)OCN(C(=O)[C@@H](NC(=O)[C@H]1CCCCN1C)C(C)CC)[C@H](C[C@@H](O)c1nc(C(=O)N[C@@H](Cc2ccc(O)cc2)C[C@H](C)C(=O)NNC(=O)OCCSSCCNC(=O)[C@@H](CCC(=O)O)NC(=O)[C@@H](C)NC(=O)Cc2ccc(CNC(=O)NCCCCCNC(=O)N[C@@H](CCC(=O)O)C(=O)O)cc2)cs1)C(C)C. The Hall–Kier alpha value is -9.53. The van der Waals surface area contributed by atoms with Crippen molar-refractivity contribution in [3.8, 4) is 5.75 Å². The molecule has 10 atom stereocenters. The van der Waals surface area contributed by atoms with Crippen LogP contribution >= 0.6 is 32.9 Å². The van der Waals surface area contributed by atoms with Crippen LogP contribution in [0.15, 0.2) is 53.9 Å². The first-order chi connectivity index (χ1) is 53.3. The number of aromatic nitrogens is 1. The third-order valence-electron chi connectivity index (χ3n) is 18.3. The Morgan fingerprint density at radius 1 is 0.670 bits per heavy atom. The van der Waals surface area contributed by atoms with Gasteiger partial charge in [-0.05, 0) is 125 Å². The molecule has 12 amide bonds. The van der Waals surface area contributed by atoms with Crippen LogP contribution in [0.5, 0.6) is 5.75 Å². The van der Waals surface area contributed by atoms with Crippen LogP contribution in [0, 0.1) is 17.8 Å². The number of aliphatic hydroxyl groups excluding tert-OH is 1. The maximum Gasteiger partial charge on any atom is 0.426 e.